The van der Waals surface area contributed by atoms with Crippen molar-refractivity contribution in [2.75, 3.05) is 23.4 Å². The summed E-state index contributed by atoms with van der Waals surface area (Å²) in [7, 11) is 0. The smallest absolute Gasteiger partial charge is 0.333 e. The number of carbonyl (C=O) groups is 1. The molecule has 1 saturated heterocycles. The molecule has 1 aliphatic rings. The summed E-state index contributed by atoms with van der Waals surface area (Å²) in [6, 6.07) is 8.17. The maximum Gasteiger partial charge on any atom is 0.333 e. The zero-order valence-corrected chi connectivity index (χ0v) is 14.2. The highest BCUT2D eigenvalue weighted by atomic mass is 32.2. The van der Waals surface area contributed by atoms with Crippen molar-refractivity contribution >= 4 is 23.4 Å². The van der Waals surface area contributed by atoms with E-state index in [1.165, 1.54) is 5.56 Å². The van der Waals surface area contributed by atoms with Gasteiger partial charge in [0.2, 0.25) is 0 Å². The predicted molar refractivity (Wildman–Crippen MR) is 89.9 cm³/mol. The van der Waals surface area contributed by atoms with Crippen LogP contribution in [0.1, 0.15) is 32.8 Å². The third kappa shape index (κ3) is 3.20. The molecule has 1 aliphatic heterocycles. The summed E-state index contributed by atoms with van der Waals surface area (Å²) >= 11 is 1.82. The molecule has 0 spiro atoms. The van der Waals surface area contributed by atoms with Gasteiger partial charge in [-0.1, -0.05) is 26.0 Å². The molecule has 1 aromatic carbocycles. The fraction of sp³-hybridized carbons (Fsp3) is 0.588. The standard InChI is InChI=1S/C17H25NO2S/c1-5-20-15(19)17(12-21-10-9-16(17,3)4)18-14-8-6-7-13(2)11-14/h6-8,11,18H,5,9-10,12H2,1-4H3. The molecule has 21 heavy (non-hydrogen) atoms. The first-order valence-electron chi connectivity index (χ1n) is 7.51. The average molecular weight is 307 g/mol. The van der Waals surface area contributed by atoms with Gasteiger partial charge in [-0.15, -0.1) is 0 Å². The molecule has 1 fully saturated rings. The van der Waals surface area contributed by atoms with Gasteiger partial charge in [0.05, 0.1) is 6.61 Å². The maximum atomic E-state index is 12.7. The molecule has 1 unspecified atom stereocenters. The monoisotopic (exact) mass is 307 g/mol. The fourth-order valence-electron chi connectivity index (χ4n) is 2.78. The molecule has 116 valence electrons. The number of benzene rings is 1. The van der Waals surface area contributed by atoms with Gasteiger partial charge in [-0.3, -0.25) is 0 Å². The minimum atomic E-state index is -0.667. The number of hydrogen-bond acceptors (Lipinski definition) is 4. The number of hydrogen-bond donors (Lipinski definition) is 1. The molecule has 1 N–H and O–H groups in total. The van der Waals surface area contributed by atoms with Crippen molar-refractivity contribution in [2.24, 2.45) is 5.41 Å². The lowest BCUT2D eigenvalue weighted by molar-refractivity contribution is -0.152. The highest BCUT2D eigenvalue weighted by Gasteiger charge is 2.54. The van der Waals surface area contributed by atoms with E-state index in [0.717, 1.165) is 23.6 Å². The van der Waals surface area contributed by atoms with E-state index in [2.05, 4.69) is 38.2 Å². The number of ether oxygens (including phenoxy) is 1. The van der Waals surface area contributed by atoms with Crippen LogP contribution in [0.25, 0.3) is 0 Å². The highest BCUT2D eigenvalue weighted by Crippen LogP contribution is 2.45. The van der Waals surface area contributed by atoms with Crippen LogP contribution in [0.4, 0.5) is 5.69 Å². The first kappa shape index (κ1) is 16.2. The van der Waals surface area contributed by atoms with Gasteiger partial charge in [0.25, 0.3) is 0 Å². The topological polar surface area (TPSA) is 38.3 Å². The third-order valence-electron chi connectivity index (χ3n) is 4.34. The molecule has 3 nitrogen and oxygen atoms in total. The molecule has 4 heteroatoms. The Balaban J connectivity index is 2.38. The van der Waals surface area contributed by atoms with E-state index < -0.39 is 5.54 Å². The van der Waals surface area contributed by atoms with Crippen LogP contribution in [0.2, 0.25) is 0 Å². The Morgan fingerprint density at radius 2 is 2.19 bits per heavy atom. The van der Waals surface area contributed by atoms with Gasteiger partial charge in [-0.05, 0) is 43.7 Å². The van der Waals surface area contributed by atoms with E-state index in [4.69, 9.17) is 4.74 Å². The summed E-state index contributed by atoms with van der Waals surface area (Å²) in [5, 5.41) is 3.51. The molecule has 1 heterocycles. The first-order valence-corrected chi connectivity index (χ1v) is 8.66. The summed E-state index contributed by atoms with van der Waals surface area (Å²) in [6.07, 6.45) is 0.995. The van der Waals surface area contributed by atoms with E-state index in [1.807, 2.05) is 30.8 Å². The van der Waals surface area contributed by atoms with Gasteiger partial charge < -0.3 is 10.1 Å². The molecular formula is C17H25NO2S. The molecule has 0 radical (unpaired) electrons. The predicted octanol–water partition coefficient (Wildman–Crippen LogP) is 3.87. The van der Waals surface area contributed by atoms with E-state index in [0.29, 0.717) is 6.61 Å². The minimum Gasteiger partial charge on any atom is -0.464 e. The Labute approximate surface area is 131 Å². The van der Waals surface area contributed by atoms with Crippen LogP contribution < -0.4 is 5.32 Å². The first-order chi connectivity index (χ1) is 9.91. The average Bonchev–Trinajstić information content (AvgIpc) is 2.41. The van der Waals surface area contributed by atoms with Crippen molar-refractivity contribution in [1.29, 1.82) is 0 Å². The molecule has 2 rings (SSSR count). The van der Waals surface area contributed by atoms with Gasteiger partial charge >= 0.3 is 5.97 Å². The molecule has 0 saturated carbocycles. The van der Waals surface area contributed by atoms with Crippen LogP contribution in [-0.2, 0) is 9.53 Å². The van der Waals surface area contributed by atoms with Crippen LogP contribution in [0, 0.1) is 12.3 Å². The highest BCUT2D eigenvalue weighted by molar-refractivity contribution is 7.99. The van der Waals surface area contributed by atoms with Gasteiger partial charge in [0.15, 0.2) is 0 Å². The lowest BCUT2D eigenvalue weighted by Crippen LogP contribution is -2.62. The molecule has 0 amide bonds. The van der Waals surface area contributed by atoms with Crippen LogP contribution in [-0.4, -0.2) is 29.6 Å². The van der Waals surface area contributed by atoms with Gasteiger partial charge in [0.1, 0.15) is 5.54 Å². The minimum absolute atomic E-state index is 0.135. The normalized spacial score (nSPS) is 24.4. The summed E-state index contributed by atoms with van der Waals surface area (Å²) in [5.41, 5.74) is 1.35. The second-order valence-electron chi connectivity index (χ2n) is 6.31. The van der Waals surface area contributed by atoms with Crippen LogP contribution in [0.15, 0.2) is 24.3 Å². The summed E-state index contributed by atoms with van der Waals surface area (Å²) in [4.78, 5) is 12.7. The van der Waals surface area contributed by atoms with E-state index in [-0.39, 0.29) is 11.4 Å². The Morgan fingerprint density at radius 3 is 2.81 bits per heavy atom. The maximum absolute atomic E-state index is 12.7. The number of thioether (sulfide) groups is 1. The zero-order chi connectivity index (χ0) is 15.5. The van der Waals surface area contributed by atoms with E-state index in [9.17, 15) is 4.79 Å². The SMILES string of the molecule is CCOC(=O)C1(Nc2cccc(C)c2)CSCCC1(C)C. The van der Waals surface area contributed by atoms with Crippen LogP contribution in [0.3, 0.4) is 0 Å². The number of aryl methyl sites for hydroxylation is 1. The number of esters is 1. The largest absolute Gasteiger partial charge is 0.464 e. The van der Waals surface area contributed by atoms with Gasteiger partial charge in [0, 0.05) is 16.9 Å². The van der Waals surface area contributed by atoms with E-state index in [1.54, 1.807) is 0 Å². The summed E-state index contributed by atoms with van der Waals surface area (Å²) in [6.45, 7) is 8.65. The molecule has 1 aromatic rings. The van der Waals surface area contributed by atoms with Crippen molar-refractivity contribution in [1.82, 2.24) is 0 Å². The molecule has 0 aromatic heterocycles. The molecule has 0 aliphatic carbocycles. The van der Waals surface area contributed by atoms with Crippen LogP contribution >= 0.6 is 11.8 Å². The summed E-state index contributed by atoms with van der Waals surface area (Å²) in [5.74, 6) is 1.69. The number of nitrogens with one attached hydrogen (secondary N) is 1. The van der Waals surface area contributed by atoms with Crippen molar-refractivity contribution in [2.45, 2.75) is 39.7 Å². The lowest BCUT2D eigenvalue weighted by atomic mass is 9.70. The third-order valence-corrected chi connectivity index (χ3v) is 5.47. The lowest BCUT2D eigenvalue weighted by Gasteiger charge is -2.48. The number of carbonyl (C=O) groups excluding carboxylic acids is 1. The molecule has 1 atom stereocenters. The van der Waals surface area contributed by atoms with Crippen molar-refractivity contribution < 1.29 is 9.53 Å². The van der Waals surface area contributed by atoms with Crippen molar-refractivity contribution in [3.05, 3.63) is 29.8 Å². The second kappa shape index (κ2) is 6.30. The van der Waals surface area contributed by atoms with Crippen molar-refractivity contribution in [3.8, 4) is 0 Å². The van der Waals surface area contributed by atoms with Crippen molar-refractivity contribution in [3.63, 3.8) is 0 Å². The number of anilines is 1. The van der Waals surface area contributed by atoms with E-state index >= 15 is 0 Å². The molecule has 0 bridgehead atoms. The Bertz CT molecular complexity index is 515. The fourth-order valence-corrected chi connectivity index (χ4v) is 4.46. The van der Waals surface area contributed by atoms with Crippen LogP contribution in [0.5, 0.6) is 0 Å². The summed E-state index contributed by atoms with van der Waals surface area (Å²) < 4.78 is 5.41. The molecular weight excluding hydrogens is 282 g/mol. The second-order valence-corrected chi connectivity index (χ2v) is 7.41. The quantitative estimate of drug-likeness (QED) is 0.857. The van der Waals surface area contributed by atoms with Gasteiger partial charge in [-0.25, -0.2) is 4.79 Å². The Morgan fingerprint density at radius 1 is 1.43 bits per heavy atom. The number of rotatable bonds is 4. The zero-order valence-electron chi connectivity index (χ0n) is 13.4. The van der Waals surface area contributed by atoms with Gasteiger partial charge in [-0.2, -0.15) is 11.8 Å². The Hall–Kier alpha value is -1.16. The Kier molecular flexibility index (Phi) is 4.87.